The first-order valence-electron chi connectivity index (χ1n) is 4.82. The summed E-state index contributed by atoms with van der Waals surface area (Å²) in [5.41, 5.74) is 0.0547. The molecule has 1 N–H and O–H groups in total. The van der Waals surface area contributed by atoms with E-state index in [1.54, 1.807) is 6.07 Å². The molecule has 0 amide bonds. The zero-order valence-corrected chi connectivity index (χ0v) is 12.1. The summed E-state index contributed by atoms with van der Waals surface area (Å²) in [6.45, 7) is 0. The Kier molecular flexibility index (Phi) is 4.14. The van der Waals surface area contributed by atoms with Gasteiger partial charge in [-0.05, 0) is 28.1 Å². The Morgan fingerprint density at radius 2 is 2.05 bits per heavy atom. The van der Waals surface area contributed by atoms with Gasteiger partial charge in [0.05, 0.1) is 16.9 Å². The first-order valence-corrected chi connectivity index (χ1v) is 6.80. The SMILES string of the molecule is OC(c1ncc(C(F)(F)F)s1)c1nc(Br)ccc1Cl. The molecule has 1 atom stereocenters. The van der Waals surface area contributed by atoms with E-state index in [9.17, 15) is 18.3 Å². The molecule has 0 radical (unpaired) electrons. The van der Waals surface area contributed by atoms with E-state index in [0.29, 0.717) is 22.1 Å². The summed E-state index contributed by atoms with van der Waals surface area (Å²) in [6.07, 6.45) is -5.20. The predicted octanol–water partition coefficient (Wildman–Crippen LogP) is 4.05. The molecule has 2 rings (SSSR count). The van der Waals surface area contributed by atoms with Crippen molar-refractivity contribution >= 4 is 38.9 Å². The summed E-state index contributed by atoms with van der Waals surface area (Å²) in [6, 6.07) is 3.04. The Bertz CT molecular complexity index is 605. The van der Waals surface area contributed by atoms with Crippen LogP contribution in [0.3, 0.4) is 0 Å². The highest BCUT2D eigenvalue weighted by molar-refractivity contribution is 9.10. The van der Waals surface area contributed by atoms with Crippen LogP contribution >= 0.6 is 38.9 Å². The van der Waals surface area contributed by atoms with Gasteiger partial charge in [-0.2, -0.15) is 13.2 Å². The highest BCUT2D eigenvalue weighted by Gasteiger charge is 2.34. The predicted molar refractivity (Wildman–Crippen MR) is 68.1 cm³/mol. The van der Waals surface area contributed by atoms with E-state index in [-0.39, 0.29) is 15.7 Å². The van der Waals surface area contributed by atoms with Crippen LogP contribution in [-0.2, 0) is 6.18 Å². The molecule has 0 aliphatic heterocycles. The van der Waals surface area contributed by atoms with Crippen LogP contribution in [-0.4, -0.2) is 15.1 Å². The Balaban J connectivity index is 2.36. The lowest BCUT2D eigenvalue weighted by Gasteiger charge is -2.09. The van der Waals surface area contributed by atoms with Crippen LogP contribution in [0.4, 0.5) is 13.2 Å². The van der Waals surface area contributed by atoms with Crippen LogP contribution < -0.4 is 0 Å². The number of thiazole rings is 1. The van der Waals surface area contributed by atoms with Crippen molar-refractivity contribution in [1.29, 1.82) is 0 Å². The van der Waals surface area contributed by atoms with Crippen LogP contribution in [0.25, 0.3) is 0 Å². The van der Waals surface area contributed by atoms with E-state index < -0.39 is 17.2 Å². The van der Waals surface area contributed by atoms with Crippen molar-refractivity contribution in [2.45, 2.75) is 12.3 Å². The molecule has 102 valence electrons. The van der Waals surface area contributed by atoms with Crippen LogP contribution in [0.2, 0.25) is 5.02 Å². The van der Waals surface area contributed by atoms with Crippen molar-refractivity contribution in [2.75, 3.05) is 0 Å². The van der Waals surface area contributed by atoms with Gasteiger partial charge in [0.25, 0.3) is 0 Å². The molecular formula is C10H5BrClF3N2OS. The largest absolute Gasteiger partial charge is 0.427 e. The number of aliphatic hydroxyl groups excluding tert-OH is 1. The zero-order valence-electron chi connectivity index (χ0n) is 8.95. The number of aliphatic hydroxyl groups is 1. The average Bonchev–Trinajstić information content (AvgIpc) is 2.80. The minimum Gasteiger partial charge on any atom is -0.379 e. The zero-order chi connectivity index (χ0) is 14.2. The third-order valence-corrected chi connectivity index (χ3v) is 3.99. The maximum Gasteiger partial charge on any atom is 0.427 e. The second kappa shape index (κ2) is 5.35. The summed E-state index contributed by atoms with van der Waals surface area (Å²) in [5.74, 6) is 0. The molecule has 0 aromatic carbocycles. The molecule has 9 heteroatoms. The summed E-state index contributed by atoms with van der Waals surface area (Å²) >= 11 is 9.30. The van der Waals surface area contributed by atoms with Gasteiger partial charge in [-0.1, -0.05) is 11.6 Å². The lowest BCUT2D eigenvalue weighted by molar-refractivity contribution is -0.134. The second-order valence-corrected chi connectivity index (χ2v) is 5.75. The minimum atomic E-state index is -4.48. The monoisotopic (exact) mass is 372 g/mol. The van der Waals surface area contributed by atoms with Crippen molar-refractivity contribution in [3.05, 3.63) is 43.5 Å². The van der Waals surface area contributed by atoms with Crippen molar-refractivity contribution in [3.63, 3.8) is 0 Å². The van der Waals surface area contributed by atoms with Gasteiger partial charge in [0.15, 0.2) is 0 Å². The molecule has 3 nitrogen and oxygen atoms in total. The Morgan fingerprint density at radius 3 is 2.63 bits per heavy atom. The van der Waals surface area contributed by atoms with E-state index in [1.807, 2.05) is 0 Å². The van der Waals surface area contributed by atoms with Gasteiger partial charge in [-0.3, -0.25) is 0 Å². The Hall–Kier alpha value is -0.700. The fraction of sp³-hybridized carbons (Fsp3) is 0.200. The normalized spacial score (nSPS) is 13.6. The van der Waals surface area contributed by atoms with E-state index in [4.69, 9.17) is 11.6 Å². The molecule has 0 aliphatic carbocycles. The number of halogens is 5. The third kappa shape index (κ3) is 3.25. The maximum atomic E-state index is 12.5. The van der Waals surface area contributed by atoms with Crippen LogP contribution in [0, 0.1) is 0 Å². The van der Waals surface area contributed by atoms with Crippen LogP contribution in [0.5, 0.6) is 0 Å². The van der Waals surface area contributed by atoms with Gasteiger partial charge in [0.2, 0.25) is 0 Å². The maximum absolute atomic E-state index is 12.5. The van der Waals surface area contributed by atoms with Gasteiger partial charge in [0.1, 0.15) is 20.6 Å². The summed E-state index contributed by atoms with van der Waals surface area (Å²) in [4.78, 5) is 6.62. The lowest BCUT2D eigenvalue weighted by Crippen LogP contribution is -2.03. The fourth-order valence-corrected chi connectivity index (χ4v) is 2.59. The van der Waals surface area contributed by atoms with Gasteiger partial charge >= 0.3 is 6.18 Å². The minimum absolute atomic E-state index is 0.0547. The lowest BCUT2D eigenvalue weighted by atomic mass is 10.2. The molecule has 2 aromatic rings. The number of hydrogen-bond acceptors (Lipinski definition) is 4. The topological polar surface area (TPSA) is 46.0 Å². The smallest absolute Gasteiger partial charge is 0.379 e. The Morgan fingerprint density at radius 1 is 1.37 bits per heavy atom. The van der Waals surface area contributed by atoms with Crippen molar-refractivity contribution in [2.24, 2.45) is 0 Å². The van der Waals surface area contributed by atoms with Crippen molar-refractivity contribution in [3.8, 4) is 0 Å². The molecule has 0 aliphatic rings. The molecule has 0 fully saturated rings. The first kappa shape index (κ1) is 14.7. The quantitative estimate of drug-likeness (QED) is 0.808. The van der Waals surface area contributed by atoms with Gasteiger partial charge in [0, 0.05) is 0 Å². The number of rotatable bonds is 2. The van der Waals surface area contributed by atoms with E-state index in [0.717, 1.165) is 0 Å². The van der Waals surface area contributed by atoms with Gasteiger partial charge < -0.3 is 5.11 Å². The van der Waals surface area contributed by atoms with Crippen LogP contribution in [0.1, 0.15) is 21.7 Å². The first-order chi connectivity index (χ1) is 8.79. The molecule has 0 saturated heterocycles. The molecule has 0 spiro atoms. The number of pyridine rings is 1. The summed E-state index contributed by atoms with van der Waals surface area (Å²) in [5, 5.41) is 10.0. The number of hydrogen-bond donors (Lipinski definition) is 1. The van der Waals surface area contributed by atoms with Crippen molar-refractivity contribution in [1.82, 2.24) is 9.97 Å². The van der Waals surface area contributed by atoms with E-state index >= 15 is 0 Å². The molecule has 0 saturated carbocycles. The van der Waals surface area contributed by atoms with E-state index in [1.165, 1.54) is 6.07 Å². The molecule has 19 heavy (non-hydrogen) atoms. The second-order valence-electron chi connectivity index (χ2n) is 3.46. The fourth-order valence-electron chi connectivity index (χ4n) is 1.29. The van der Waals surface area contributed by atoms with E-state index in [2.05, 4.69) is 25.9 Å². The molecule has 2 aromatic heterocycles. The Labute approximate surface area is 123 Å². The van der Waals surface area contributed by atoms with Gasteiger partial charge in [-0.25, -0.2) is 9.97 Å². The average molecular weight is 374 g/mol. The van der Waals surface area contributed by atoms with Crippen molar-refractivity contribution < 1.29 is 18.3 Å². The highest BCUT2D eigenvalue weighted by Crippen LogP contribution is 2.37. The number of nitrogens with zero attached hydrogens (tertiary/aromatic N) is 2. The molecule has 1 unspecified atom stereocenters. The van der Waals surface area contributed by atoms with Gasteiger partial charge in [-0.15, -0.1) is 11.3 Å². The molecule has 2 heterocycles. The third-order valence-electron chi connectivity index (χ3n) is 2.14. The molecular weight excluding hydrogens is 369 g/mol. The number of aromatic nitrogens is 2. The summed E-state index contributed by atoms with van der Waals surface area (Å²) in [7, 11) is 0. The summed E-state index contributed by atoms with van der Waals surface area (Å²) < 4.78 is 37.8. The highest BCUT2D eigenvalue weighted by atomic mass is 79.9. The molecule has 0 bridgehead atoms. The number of alkyl halides is 3. The standard InChI is InChI=1S/C10H5BrClF3N2OS/c11-6-2-1-4(12)7(17-6)8(18)9-16-3-5(19-9)10(13,14)15/h1-3,8,18H. The van der Waals surface area contributed by atoms with Crippen LogP contribution in [0.15, 0.2) is 22.9 Å².